The lowest BCUT2D eigenvalue weighted by Crippen LogP contribution is -2.48. The average molecular weight is 380 g/mol. The van der Waals surface area contributed by atoms with Crippen molar-refractivity contribution in [2.45, 2.75) is 18.9 Å². The summed E-state index contributed by atoms with van der Waals surface area (Å²) in [7, 11) is 0. The number of amides is 1. The monoisotopic (exact) mass is 379 g/mol. The molecular weight excluding hydrogens is 357 g/mol. The molecule has 5 nitrogen and oxygen atoms in total. The minimum absolute atomic E-state index is 0. The standard InChI is InChI=1S/C19H22FN3O2.ClH/c20-16-5-7-17(8-6-16)25-12-2-4-19(24)23-11-10-22-14-18(23)15-3-1-9-21-13-15;/h1,3,5-9,13,18,22H,2,4,10-12,14H2;1H. The summed E-state index contributed by atoms with van der Waals surface area (Å²) < 4.78 is 18.4. The third kappa shape index (κ3) is 5.41. The zero-order chi connectivity index (χ0) is 17.5. The van der Waals surface area contributed by atoms with Gasteiger partial charge in [0.05, 0.1) is 12.6 Å². The molecule has 0 aliphatic carbocycles. The van der Waals surface area contributed by atoms with Gasteiger partial charge in [0.15, 0.2) is 0 Å². The zero-order valence-corrected chi connectivity index (χ0v) is 15.3. The molecule has 0 bridgehead atoms. The van der Waals surface area contributed by atoms with Crippen molar-refractivity contribution >= 4 is 18.3 Å². The quantitative estimate of drug-likeness (QED) is 0.784. The van der Waals surface area contributed by atoms with Gasteiger partial charge in [-0.25, -0.2) is 4.39 Å². The van der Waals surface area contributed by atoms with Crippen LogP contribution < -0.4 is 10.1 Å². The number of nitrogens with one attached hydrogen (secondary N) is 1. The molecule has 0 saturated carbocycles. The van der Waals surface area contributed by atoms with Crippen molar-refractivity contribution in [3.8, 4) is 5.75 Å². The summed E-state index contributed by atoms with van der Waals surface area (Å²) in [6, 6.07) is 9.82. The molecular formula is C19H23ClFN3O2. The highest BCUT2D eigenvalue weighted by atomic mass is 35.5. The SMILES string of the molecule is Cl.O=C(CCCOc1ccc(F)cc1)N1CCNCC1c1cccnc1. The van der Waals surface area contributed by atoms with E-state index in [1.165, 1.54) is 12.1 Å². The van der Waals surface area contributed by atoms with Gasteiger partial charge in [-0.05, 0) is 42.3 Å². The fourth-order valence-electron chi connectivity index (χ4n) is 2.96. The zero-order valence-electron chi connectivity index (χ0n) is 14.4. The first-order valence-corrected chi connectivity index (χ1v) is 8.52. The second-order valence-electron chi connectivity index (χ2n) is 6.00. The van der Waals surface area contributed by atoms with Crippen LogP contribution in [-0.4, -0.2) is 42.0 Å². The van der Waals surface area contributed by atoms with Crippen LogP contribution in [0, 0.1) is 5.82 Å². The van der Waals surface area contributed by atoms with Gasteiger partial charge in [0.1, 0.15) is 11.6 Å². The lowest BCUT2D eigenvalue weighted by atomic mass is 10.0. The molecule has 0 spiro atoms. The Kier molecular flexibility index (Phi) is 7.81. The van der Waals surface area contributed by atoms with Crippen molar-refractivity contribution in [1.82, 2.24) is 15.2 Å². The van der Waals surface area contributed by atoms with Gasteiger partial charge in [-0.1, -0.05) is 6.07 Å². The lowest BCUT2D eigenvalue weighted by molar-refractivity contribution is -0.134. The number of rotatable bonds is 6. The molecule has 2 aromatic rings. The van der Waals surface area contributed by atoms with Gasteiger partial charge in [0.2, 0.25) is 5.91 Å². The molecule has 140 valence electrons. The van der Waals surface area contributed by atoms with Crippen LogP contribution >= 0.6 is 12.4 Å². The van der Waals surface area contributed by atoms with E-state index in [1.807, 2.05) is 23.2 Å². The number of nitrogens with zero attached hydrogens (tertiary/aromatic N) is 2. The van der Waals surface area contributed by atoms with E-state index in [4.69, 9.17) is 4.74 Å². The molecule has 2 heterocycles. The summed E-state index contributed by atoms with van der Waals surface area (Å²) in [5, 5.41) is 3.33. The molecule has 0 radical (unpaired) electrons. The predicted octanol–water partition coefficient (Wildman–Crippen LogP) is 2.97. The molecule has 3 rings (SSSR count). The Morgan fingerprint density at radius 1 is 1.31 bits per heavy atom. The Labute approximate surface area is 159 Å². The van der Waals surface area contributed by atoms with Gasteiger partial charge >= 0.3 is 0 Å². The molecule has 7 heteroatoms. The van der Waals surface area contributed by atoms with E-state index in [2.05, 4.69) is 10.3 Å². The first kappa shape index (κ1) is 20.1. The largest absolute Gasteiger partial charge is 0.494 e. The van der Waals surface area contributed by atoms with Crippen molar-refractivity contribution in [3.05, 3.63) is 60.2 Å². The van der Waals surface area contributed by atoms with Gasteiger partial charge in [-0.2, -0.15) is 0 Å². The first-order chi connectivity index (χ1) is 12.2. The van der Waals surface area contributed by atoms with Crippen LogP contribution in [-0.2, 0) is 4.79 Å². The van der Waals surface area contributed by atoms with E-state index in [0.717, 1.165) is 18.7 Å². The summed E-state index contributed by atoms with van der Waals surface area (Å²) in [4.78, 5) is 18.7. The number of hydrogen-bond acceptors (Lipinski definition) is 4. The summed E-state index contributed by atoms with van der Waals surface area (Å²) in [5.41, 5.74) is 1.05. The maximum Gasteiger partial charge on any atom is 0.223 e. The van der Waals surface area contributed by atoms with Gasteiger partial charge in [0, 0.05) is 38.4 Å². The third-order valence-corrected chi connectivity index (χ3v) is 4.25. The van der Waals surface area contributed by atoms with Crippen molar-refractivity contribution in [2.24, 2.45) is 0 Å². The minimum atomic E-state index is -0.289. The first-order valence-electron chi connectivity index (χ1n) is 8.52. The van der Waals surface area contributed by atoms with Crippen LogP contribution in [0.1, 0.15) is 24.4 Å². The second kappa shape index (κ2) is 10.1. The molecule has 1 N–H and O–H groups in total. The van der Waals surface area contributed by atoms with Crippen LogP contribution in [0.2, 0.25) is 0 Å². The van der Waals surface area contributed by atoms with Crippen LogP contribution in [0.4, 0.5) is 4.39 Å². The number of pyridine rings is 1. The predicted molar refractivity (Wildman–Crippen MR) is 99.9 cm³/mol. The number of carbonyl (C=O) groups is 1. The summed E-state index contributed by atoms with van der Waals surface area (Å²) in [6.07, 6.45) is 4.60. The number of aromatic nitrogens is 1. The molecule has 1 fully saturated rings. The summed E-state index contributed by atoms with van der Waals surface area (Å²) in [6.45, 7) is 2.66. The van der Waals surface area contributed by atoms with E-state index in [-0.39, 0.29) is 30.2 Å². The van der Waals surface area contributed by atoms with E-state index < -0.39 is 0 Å². The summed E-state index contributed by atoms with van der Waals surface area (Å²) in [5.74, 6) is 0.449. The van der Waals surface area contributed by atoms with Crippen LogP contribution in [0.5, 0.6) is 5.75 Å². The fourth-order valence-corrected chi connectivity index (χ4v) is 2.96. The van der Waals surface area contributed by atoms with Crippen molar-refractivity contribution in [2.75, 3.05) is 26.2 Å². The van der Waals surface area contributed by atoms with Crippen molar-refractivity contribution in [3.63, 3.8) is 0 Å². The van der Waals surface area contributed by atoms with Crippen LogP contribution in [0.3, 0.4) is 0 Å². The van der Waals surface area contributed by atoms with Gasteiger partial charge in [0.25, 0.3) is 0 Å². The van der Waals surface area contributed by atoms with E-state index >= 15 is 0 Å². The number of hydrogen-bond donors (Lipinski definition) is 1. The molecule has 1 aliphatic rings. The third-order valence-electron chi connectivity index (χ3n) is 4.25. The van der Waals surface area contributed by atoms with Gasteiger partial charge < -0.3 is 15.0 Å². The van der Waals surface area contributed by atoms with Crippen LogP contribution in [0.15, 0.2) is 48.8 Å². The highest BCUT2D eigenvalue weighted by Gasteiger charge is 2.27. The maximum atomic E-state index is 12.8. The Morgan fingerprint density at radius 3 is 2.85 bits per heavy atom. The maximum absolute atomic E-state index is 12.8. The number of ether oxygens (including phenoxy) is 1. The Hall–Kier alpha value is -2.18. The molecule has 1 aliphatic heterocycles. The minimum Gasteiger partial charge on any atom is -0.494 e. The number of piperazine rings is 1. The van der Waals surface area contributed by atoms with Crippen molar-refractivity contribution < 1.29 is 13.9 Å². The lowest BCUT2D eigenvalue weighted by Gasteiger charge is -2.36. The molecule has 1 unspecified atom stereocenters. The molecule has 1 amide bonds. The molecule has 1 aromatic carbocycles. The number of halogens is 2. The molecule has 1 atom stereocenters. The summed E-state index contributed by atoms with van der Waals surface area (Å²) >= 11 is 0. The van der Waals surface area contributed by atoms with Crippen molar-refractivity contribution in [1.29, 1.82) is 0 Å². The highest BCUT2D eigenvalue weighted by Crippen LogP contribution is 2.22. The van der Waals surface area contributed by atoms with Gasteiger partial charge in [-0.15, -0.1) is 12.4 Å². The second-order valence-corrected chi connectivity index (χ2v) is 6.00. The highest BCUT2D eigenvalue weighted by molar-refractivity contribution is 5.85. The molecule has 1 aromatic heterocycles. The average Bonchev–Trinajstić information content (AvgIpc) is 2.67. The molecule has 1 saturated heterocycles. The smallest absolute Gasteiger partial charge is 0.223 e. The van der Waals surface area contributed by atoms with E-state index in [1.54, 1.807) is 18.3 Å². The number of benzene rings is 1. The normalized spacial score (nSPS) is 16.7. The van der Waals surface area contributed by atoms with Crippen LogP contribution in [0.25, 0.3) is 0 Å². The number of carbonyl (C=O) groups excluding carboxylic acids is 1. The topological polar surface area (TPSA) is 54.5 Å². The van der Waals surface area contributed by atoms with Gasteiger partial charge in [-0.3, -0.25) is 9.78 Å². The Bertz CT molecular complexity index is 685. The fraction of sp³-hybridized carbons (Fsp3) is 0.368. The van der Waals surface area contributed by atoms with E-state index in [9.17, 15) is 9.18 Å². The Morgan fingerprint density at radius 2 is 2.12 bits per heavy atom. The van der Waals surface area contributed by atoms with E-state index in [0.29, 0.717) is 31.7 Å². The molecule has 26 heavy (non-hydrogen) atoms. The Balaban J connectivity index is 0.00000243.